The quantitative estimate of drug-likeness (QED) is 0.611. The molecule has 1 heterocycles. The number of likely N-dealkylation sites (tertiary alicyclic amines) is 1. The van der Waals surface area contributed by atoms with E-state index in [4.69, 9.17) is 0 Å². The van der Waals surface area contributed by atoms with Gasteiger partial charge < -0.3 is 14.7 Å². The van der Waals surface area contributed by atoms with Crippen LogP contribution in [0.25, 0.3) is 0 Å². The first-order valence-corrected chi connectivity index (χ1v) is 4.57. The molecular weight excluding hydrogens is 170 g/mol. The summed E-state index contributed by atoms with van der Waals surface area (Å²) < 4.78 is 4.56. The molecule has 0 aromatic rings. The van der Waals surface area contributed by atoms with Gasteiger partial charge in [0.15, 0.2) is 0 Å². The van der Waals surface area contributed by atoms with E-state index in [0.29, 0.717) is 13.0 Å². The second kappa shape index (κ2) is 4.58. The molecule has 0 bridgehead atoms. The Kier molecular flexibility index (Phi) is 3.69. The van der Waals surface area contributed by atoms with Gasteiger partial charge in [0.2, 0.25) is 0 Å². The molecule has 1 N–H and O–H groups in total. The summed E-state index contributed by atoms with van der Waals surface area (Å²) in [6.45, 7) is 1.60. The molecule has 2 atom stereocenters. The molecule has 4 nitrogen and oxygen atoms in total. The van der Waals surface area contributed by atoms with Crippen LogP contribution in [-0.2, 0) is 9.53 Å². The number of carbonyl (C=O) groups excluding carboxylic acids is 1. The van der Waals surface area contributed by atoms with Gasteiger partial charge in [0.1, 0.15) is 0 Å². The average molecular weight is 187 g/mol. The molecule has 0 aromatic carbocycles. The minimum absolute atomic E-state index is 0.0728. The largest absolute Gasteiger partial charge is 0.469 e. The maximum atomic E-state index is 11.0. The van der Waals surface area contributed by atoms with Gasteiger partial charge in [-0.2, -0.15) is 0 Å². The fraction of sp³-hybridized carbons (Fsp3) is 0.889. The molecule has 1 fully saturated rings. The minimum Gasteiger partial charge on any atom is -0.469 e. The first kappa shape index (κ1) is 10.5. The molecule has 76 valence electrons. The fourth-order valence-corrected chi connectivity index (χ4v) is 1.67. The van der Waals surface area contributed by atoms with E-state index in [-0.39, 0.29) is 11.9 Å². The Hall–Kier alpha value is -0.610. The van der Waals surface area contributed by atoms with Crippen LogP contribution in [0.5, 0.6) is 0 Å². The zero-order valence-electron chi connectivity index (χ0n) is 8.19. The molecule has 0 aromatic heterocycles. The molecular formula is C9H17NO3. The van der Waals surface area contributed by atoms with E-state index in [9.17, 15) is 9.90 Å². The monoisotopic (exact) mass is 187 g/mol. The molecule has 0 radical (unpaired) electrons. The van der Waals surface area contributed by atoms with Crippen molar-refractivity contribution in [2.45, 2.75) is 18.9 Å². The van der Waals surface area contributed by atoms with E-state index in [1.807, 2.05) is 7.05 Å². The Bertz CT molecular complexity index is 184. The SMILES string of the molecule is COC(=O)C[C@H]1CCN(C)C[C@@H]1O. The predicted octanol–water partition coefficient (Wildman–Crippen LogP) is -0.138. The fourth-order valence-electron chi connectivity index (χ4n) is 1.67. The zero-order chi connectivity index (χ0) is 9.84. The molecule has 1 aliphatic rings. The Labute approximate surface area is 78.5 Å². The molecule has 0 spiro atoms. The first-order chi connectivity index (χ1) is 6.13. The van der Waals surface area contributed by atoms with Gasteiger partial charge in [-0.15, -0.1) is 0 Å². The van der Waals surface area contributed by atoms with Crippen LogP contribution in [0.15, 0.2) is 0 Å². The number of rotatable bonds is 2. The molecule has 0 aliphatic carbocycles. The van der Waals surface area contributed by atoms with Crippen LogP contribution in [0.2, 0.25) is 0 Å². The number of aliphatic hydroxyl groups excluding tert-OH is 1. The van der Waals surface area contributed by atoms with E-state index in [2.05, 4.69) is 9.64 Å². The normalized spacial score (nSPS) is 30.1. The Morgan fingerprint density at radius 1 is 1.69 bits per heavy atom. The van der Waals surface area contributed by atoms with Gasteiger partial charge in [0.05, 0.1) is 19.6 Å². The number of β-amino-alcohol motifs (C(OH)–C–C–N with tert-alkyl or cyclic N) is 1. The second-order valence-corrected chi connectivity index (χ2v) is 3.66. The van der Waals surface area contributed by atoms with Crippen LogP contribution in [0.3, 0.4) is 0 Å². The van der Waals surface area contributed by atoms with Crippen molar-refractivity contribution in [2.24, 2.45) is 5.92 Å². The number of aliphatic hydroxyl groups is 1. The van der Waals surface area contributed by atoms with E-state index in [0.717, 1.165) is 13.0 Å². The highest BCUT2D eigenvalue weighted by Crippen LogP contribution is 2.20. The van der Waals surface area contributed by atoms with Crippen LogP contribution < -0.4 is 0 Å². The number of hydrogen-bond acceptors (Lipinski definition) is 4. The van der Waals surface area contributed by atoms with Crippen molar-refractivity contribution in [1.82, 2.24) is 4.90 Å². The van der Waals surface area contributed by atoms with Crippen LogP contribution in [0.4, 0.5) is 0 Å². The molecule has 0 saturated carbocycles. The van der Waals surface area contributed by atoms with Gasteiger partial charge >= 0.3 is 5.97 Å². The molecule has 1 saturated heterocycles. The summed E-state index contributed by atoms with van der Waals surface area (Å²) in [6, 6.07) is 0. The predicted molar refractivity (Wildman–Crippen MR) is 48.2 cm³/mol. The molecule has 4 heteroatoms. The Morgan fingerprint density at radius 2 is 2.38 bits per heavy atom. The lowest BCUT2D eigenvalue weighted by molar-refractivity contribution is -0.143. The summed E-state index contributed by atoms with van der Waals surface area (Å²) in [7, 11) is 3.35. The lowest BCUT2D eigenvalue weighted by Crippen LogP contribution is -2.42. The van der Waals surface area contributed by atoms with Crippen LogP contribution in [0.1, 0.15) is 12.8 Å². The van der Waals surface area contributed by atoms with Crippen LogP contribution >= 0.6 is 0 Å². The van der Waals surface area contributed by atoms with Crippen molar-refractivity contribution >= 4 is 5.97 Å². The maximum absolute atomic E-state index is 11.0. The number of ether oxygens (including phenoxy) is 1. The van der Waals surface area contributed by atoms with E-state index in [1.165, 1.54) is 7.11 Å². The molecule has 1 rings (SSSR count). The number of hydrogen-bond donors (Lipinski definition) is 1. The Morgan fingerprint density at radius 3 is 2.92 bits per heavy atom. The molecule has 0 unspecified atom stereocenters. The van der Waals surface area contributed by atoms with Gasteiger partial charge in [0, 0.05) is 6.54 Å². The standard InChI is InChI=1S/C9H17NO3/c1-10-4-3-7(8(11)6-10)5-9(12)13-2/h7-8,11H,3-6H2,1-2H3/t7-,8+/m1/s1. The van der Waals surface area contributed by atoms with Crippen molar-refractivity contribution in [1.29, 1.82) is 0 Å². The minimum atomic E-state index is -0.391. The molecule has 13 heavy (non-hydrogen) atoms. The summed E-state index contributed by atoms with van der Waals surface area (Å²) in [6.07, 6.45) is 0.816. The van der Waals surface area contributed by atoms with Crippen molar-refractivity contribution in [3.63, 3.8) is 0 Å². The highest BCUT2D eigenvalue weighted by Gasteiger charge is 2.27. The maximum Gasteiger partial charge on any atom is 0.305 e. The van der Waals surface area contributed by atoms with Crippen LogP contribution in [-0.4, -0.2) is 49.3 Å². The number of carbonyl (C=O) groups is 1. The van der Waals surface area contributed by atoms with Crippen molar-refractivity contribution in [3.8, 4) is 0 Å². The van der Waals surface area contributed by atoms with Gasteiger partial charge in [-0.25, -0.2) is 0 Å². The summed E-state index contributed by atoms with van der Waals surface area (Å²) in [5, 5.41) is 9.63. The van der Waals surface area contributed by atoms with Gasteiger partial charge in [-0.05, 0) is 25.9 Å². The highest BCUT2D eigenvalue weighted by molar-refractivity contribution is 5.69. The summed E-state index contributed by atoms with van der Waals surface area (Å²) in [5.74, 6) is -0.155. The van der Waals surface area contributed by atoms with E-state index >= 15 is 0 Å². The molecule has 1 aliphatic heterocycles. The van der Waals surface area contributed by atoms with E-state index in [1.54, 1.807) is 0 Å². The average Bonchev–Trinajstić information content (AvgIpc) is 2.09. The van der Waals surface area contributed by atoms with Crippen molar-refractivity contribution in [2.75, 3.05) is 27.2 Å². The van der Waals surface area contributed by atoms with E-state index < -0.39 is 6.10 Å². The topological polar surface area (TPSA) is 49.8 Å². The number of nitrogens with zero attached hydrogens (tertiary/aromatic N) is 1. The number of likely N-dealkylation sites (N-methyl/N-ethyl adjacent to an activating group) is 1. The third-order valence-corrected chi connectivity index (χ3v) is 2.58. The number of methoxy groups -OCH3 is 1. The second-order valence-electron chi connectivity index (χ2n) is 3.66. The summed E-state index contributed by atoms with van der Waals surface area (Å²) in [4.78, 5) is 13.0. The van der Waals surface area contributed by atoms with Crippen molar-refractivity contribution < 1.29 is 14.6 Å². The molecule has 0 amide bonds. The van der Waals surface area contributed by atoms with Gasteiger partial charge in [0.25, 0.3) is 0 Å². The van der Waals surface area contributed by atoms with Gasteiger partial charge in [-0.1, -0.05) is 0 Å². The smallest absolute Gasteiger partial charge is 0.305 e. The number of piperidine rings is 1. The lowest BCUT2D eigenvalue weighted by atomic mass is 9.91. The summed E-state index contributed by atoms with van der Waals surface area (Å²) in [5.41, 5.74) is 0. The zero-order valence-corrected chi connectivity index (χ0v) is 8.19. The third kappa shape index (κ3) is 2.97. The number of esters is 1. The van der Waals surface area contributed by atoms with Crippen LogP contribution in [0, 0.1) is 5.92 Å². The summed E-state index contributed by atoms with van der Waals surface area (Å²) >= 11 is 0. The van der Waals surface area contributed by atoms with Crippen molar-refractivity contribution in [3.05, 3.63) is 0 Å². The lowest BCUT2D eigenvalue weighted by Gasteiger charge is -2.32. The Balaban J connectivity index is 2.38. The highest BCUT2D eigenvalue weighted by atomic mass is 16.5. The first-order valence-electron chi connectivity index (χ1n) is 4.57. The van der Waals surface area contributed by atoms with Gasteiger partial charge in [-0.3, -0.25) is 4.79 Å². The third-order valence-electron chi connectivity index (χ3n) is 2.58.